The predicted molar refractivity (Wildman–Crippen MR) is 225 cm³/mol. The molecule has 0 heterocycles. The normalized spacial score (nSPS) is 37.4. The van der Waals surface area contributed by atoms with Gasteiger partial charge in [0.25, 0.3) is 0 Å². The lowest BCUT2D eigenvalue weighted by atomic mass is 9.33. The summed E-state index contributed by atoms with van der Waals surface area (Å²) in [5.74, 6) is 0.852. The molecule has 10 atom stereocenters. The van der Waals surface area contributed by atoms with Crippen molar-refractivity contribution in [3.63, 3.8) is 0 Å². The number of hydrogen-bond acceptors (Lipinski definition) is 10. The Bertz CT molecular complexity index is 1820. The van der Waals surface area contributed by atoms with E-state index in [9.17, 15) is 19.2 Å². The minimum atomic E-state index is -0.765. The van der Waals surface area contributed by atoms with Gasteiger partial charge >= 0.3 is 17.9 Å². The van der Waals surface area contributed by atoms with Crippen LogP contribution in [0.3, 0.4) is 0 Å². The van der Waals surface area contributed by atoms with E-state index >= 15 is 0 Å². The number of nitrogens with two attached hydrogens (primary N) is 1. The smallest absolute Gasteiger partial charge is 0.330 e. The molecule has 4 saturated carbocycles. The molecule has 0 radical (unpaired) electrons. The van der Waals surface area contributed by atoms with Crippen molar-refractivity contribution >= 4 is 41.5 Å². The highest BCUT2D eigenvalue weighted by Gasteiger charge is 2.70. The first-order valence-electron chi connectivity index (χ1n) is 21.2. The molecular weight excluding hydrogens is 739 g/mol. The van der Waals surface area contributed by atoms with Crippen LogP contribution in [-0.2, 0) is 28.7 Å². The lowest BCUT2D eigenvalue weighted by Crippen LogP contribution is -2.67. The first-order valence-corrected chi connectivity index (χ1v) is 22.6. The van der Waals surface area contributed by atoms with Crippen LogP contribution in [0, 0.1) is 50.2 Å². The highest BCUT2D eigenvalue weighted by molar-refractivity contribution is 7.98. The van der Waals surface area contributed by atoms with Gasteiger partial charge < -0.3 is 24.7 Å². The highest BCUT2D eigenvalue weighted by Crippen LogP contribution is 2.75. The van der Waals surface area contributed by atoms with Gasteiger partial charge in [0.15, 0.2) is 17.3 Å². The summed E-state index contributed by atoms with van der Waals surface area (Å²) in [4.78, 5) is 54.2. The average molecular weight is 806 g/mol. The van der Waals surface area contributed by atoms with E-state index < -0.39 is 17.4 Å². The van der Waals surface area contributed by atoms with Crippen molar-refractivity contribution in [3.05, 3.63) is 41.5 Å². The summed E-state index contributed by atoms with van der Waals surface area (Å²) < 4.78 is 23.0. The fraction of sp³-hybridized carbons (Fsp3) is 0.702. The van der Waals surface area contributed by atoms with Crippen LogP contribution in [0.15, 0.2) is 35.9 Å². The maximum atomic E-state index is 15.0. The zero-order valence-electron chi connectivity index (χ0n) is 36.1. The van der Waals surface area contributed by atoms with Crippen molar-refractivity contribution in [2.75, 3.05) is 25.7 Å². The molecule has 0 saturated heterocycles. The zero-order chi connectivity index (χ0) is 41.8. The third kappa shape index (κ3) is 7.42. The summed E-state index contributed by atoms with van der Waals surface area (Å²) in [6.45, 7) is 18.1. The number of rotatable bonds is 11. The minimum absolute atomic E-state index is 0.0269. The highest BCUT2D eigenvalue weighted by atomic mass is 32.2. The van der Waals surface area contributed by atoms with Crippen LogP contribution in [0.25, 0.3) is 6.08 Å². The Morgan fingerprint density at radius 1 is 0.965 bits per heavy atom. The fourth-order valence-corrected chi connectivity index (χ4v) is 13.1. The summed E-state index contributed by atoms with van der Waals surface area (Å²) in [5, 5.41) is 0. The topological polar surface area (TPSA) is 131 Å². The fourth-order valence-electron chi connectivity index (χ4n) is 12.6. The molecule has 4 fully saturated rings. The van der Waals surface area contributed by atoms with Gasteiger partial charge in [0, 0.05) is 17.4 Å². The number of thioether (sulfide) groups is 1. The van der Waals surface area contributed by atoms with Crippen LogP contribution >= 0.6 is 11.8 Å². The molecule has 6 rings (SSSR count). The summed E-state index contributed by atoms with van der Waals surface area (Å²) in [6.07, 6.45) is 15.1. The molecule has 0 unspecified atom stereocenters. The number of methoxy groups -OCH3 is 1. The van der Waals surface area contributed by atoms with Gasteiger partial charge in [-0.1, -0.05) is 53.2 Å². The molecule has 10 heteroatoms. The van der Waals surface area contributed by atoms with E-state index in [4.69, 9.17) is 24.7 Å². The van der Waals surface area contributed by atoms with Gasteiger partial charge in [-0.25, -0.2) is 4.79 Å². The monoisotopic (exact) mass is 805 g/mol. The second kappa shape index (κ2) is 15.8. The van der Waals surface area contributed by atoms with Crippen molar-refractivity contribution in [3.8, 4) is 11.5 Å². The van der Waals surface area contributed by atoms with E-state index in [0.29, 0.717) is 49.4 Å². The van der Waals surface area contributed by atoms with Gasteiger partial charge in [0.2, 0.25) is 0 Å². The molecule has 0 aliphatic heterocycles. The molecule has 5 aliphatic rings. The van der Waals surface area contributed by atoms with Gasteiger partial charge in [-0.3, -0.25) is 14.4 Å². The van der Waals surface area contributed by atoms with E-state index in [1.54, 1.807) is 43.0 Å². The lowest BCUT2D eigenvalue weighted by Gasteiger charge is -2.70. The largest absolute Gasteiger partial charge is 0.493 e. The second-order valence-corrected chi connectivity index (χ2v) is 20.8. The molecule has 57 heavy (non-hydrogen) atoms. The second-order valence-electron chi connectivity index (χ2n) is 19.8. The SMILES string of the molecule is CCOC(=O)/C=C/c1ccc(OC(=O)[C@@]2(C)CC[C@]3(C)CC[C@]4(C)C(=CC(=O)[C@@H]5[C@@]6(C)CC[C@H](OC(=O)[C@@H](N)CCSC)C(C)(C)[C@@H]6CC[C@]54C)[C@H]3C2)c(OC)c1. The Kier molecular flexibility index (Phi) is 12.1. The number of hydrogen-bond donors (Lipinski definition) is 1. The zero-order valence-corrected chi connectivity index (χ0v) is 36.9. The van der Waals surface area contributed by atoms with Gasteiger partial charge in [-0.15, -0.1) is 0 Å². The Morgan fingerprint density at radius 3 is 2.37 bits per heavy atom. The van der Waals surface area contributed by atoms with Gasteiger partial charge in [0.05, 0.1) is 19.1 Å². The number of carbonyl (C=O) groups excluding carboxylic acids is 4. The van der Waals surface area contributed by atoms with Crippen molar-refractivity contribution < 1.29 is 38.1 Å². The Morgan fingerprint density at radius 2 is 1.68 bits per heavy atom. The summed E-state index contributed by atoms with van der Waals surface area (Å²) in [6, 6.07) is 4.60. The molecular formula is C47H67NO8S. The predicted octanol–water partition coefficient (Wildman–Crippen LogP) is 9.15. The van der Waals surface area contributed by atoms with Gasteiger partial charge in [0.1, 0.15) is 12.1 Å². The van der Waals surface area contributed by atoms with Gasteiger partial charge in [-0.2, -0.15) is 11.8 Å². The van der Waals surface area contributed by atoms with Crippen LogP contribution in [0.2, 0.25) is 0 Å². The first kappa shape index (κ1) is 43.5. The maximum absolute atomic E-state index is 15.0. The maximum Gasteiger partial charge on any atom is 0.330 e. The van der Waals surface area contributed by atoms with Gasteiger partial charge in [-0.05, 0) is 153 Å². The molecule has 1 aromatic carbocycles. The molecule has 1 aromatic rings. The Balaban J connectivity index is 1.25. The number of allylic oxidation sites excluding steroid dienone is 2. The van der Waals surface area contributed by atoms with Crippen LogP contribution in [-0.4, -0.2) is 61.6 Å². The van der Waals surface area contributed by atoms with Crippen molar-refractivity contribution in [1.82, 2.24) is 0 Å². The third-order valence-corrected chi connectivity index (χ3v) is 16.9. The first-order chi connectivity index (χ1) is 26.7. The molecule has 5 aliphatic carbocycles. The number of carbonyl (C=O) groups is 4. The number of ether oxygens (including phenoxy) is 4. The molecule has 0 spiro atoms. The number of esters is 3. The van der Waals surface area contributed by atoms with Crippen molar-refractivity contribution in [1.29, 1.82) is 0 Å². The molecule has 314 valence electrons. The molecule has 0 bridgehead atoms. The van der Waals surface area contributed by atoms with E-state index in [-0.39, 0.29) is 68.7 Å². The summed E-state index contributed by atoms with van der Waals surface area (Å²) in [5.41, 5.74) is 6.37. The summed E-state index contributed by atoms with van der Waals surface area (Å²) >= 11 is 1.68. The molecule has 9 nitrogen and oxygen atoms in total. The van der Waals surface area contributed by atoms with Crippen LogP contribution in [0.1, 0.15) is 125 Å². The molecule has 0 aromatic heterocycles. The molecule has 2 N–H and O–H groups in total. The lowest BCUT2D eigenvalue weighted by molar-refractivity contribution is -0.211. The van der Waals surface area contributed by atoms with E-state index in [1.165, 1.54) is 18.8 Å². The van der Waals surface area contributed by atoms with E-state index in [2.05, 4.69) is 41.5 Å². The van der Waals surface area contributed by atoms with Crippen LogP contribution in [0.4, 0.5) is 0 Å². The van der Waals surface area contributed by atoms with Crippen molar-refractivity contribution in [2.24, 2.45) is 56.0 Å². The van der Waals surface area contributed by atoms with Crippen LogP contribution < -0.4 is 15.2 Å². The molecule has 0 amide bonds. The van der Waals surface area contributed by atoms with Crippen molar-refractivity contribution in [2.45, 2.75) is 132 Å². The third-order valence-electron chi connectivity index (χ3n) is 16.3. The minimum Gasteiger partial charge on any atom is -0.493 e. The number of benzene rings is 1. The Hall–Kier alpha value is -3.11. The summed E-state index contributed by atoms with van der Waals surface area (Å²) in [7, 11) is 1.53. The van der Waals surface area contributed by atoms with E-state index in [0.717, 1.165) is 44.3 Å². The standard InChI is InChI=1S/C47H67NO8S/c1-11-54-38(50)15-13-29-12-14-34(35(26-29)53-9)55-41(52)44(5)22-21-43(4)23-24-46(7)30(31(43)28-44)27-33(49)39-45(6)19-17-37(56-40(51)32(48)18-25-57-10)42(2,3)36(45)16-20-47(39,46)8/h12-15,26-27,31-32,36-37,39H,11,16-25,28,48H2,1-10H3/b15-13+/t31-,32+,36+,37+,39-,43-,44+,45+,46-,47-/m1/s1. The average Bonchev–Trinajstić information content (AvgIpc) is 3.16. The Labute approximate surface area is 345 Å². The quantitative estimate of drug-likeness (QED) is 0.131. The van der Waals surface area contributed by atoms with Crippen LogP contribution in [0.5, 0.6) is 11.5 Å². The van der Waals surface area contributed by atoms with E-state index in [1.807, 2.05) is 19.3 Å². The number of ketones is 1. The number of fused-ring (bicyclic) bond motifs is 7.